The van der Waals surface area contributed by atoms with Gasteiger partial charge in [0.2, 0.25) is 0 Å². The number of aryl methyl sites for hydroxylation is 1. The first kappa shape index (κ1) is 16.8. The second-order valence-electron chi connectivity index (χ2n) is 6.71. The molecular weight excluding hydrogens is 324 g/mol. The molecule has 0 saturated carbocycles. The van der Waals surface area contributed by atoms with Crippen LogP contribution in [0.4, 0.5) is 0 Å². The Morgan fingerprint density at radius 3 is 2.73 bits per heavy atom. The lowest BCUT2D eigenvalue weighted by atomic mass is 10.0. The summed E-state index contributed by atoms with van der Waals surface area (Å²) in [6, 6.07) is 16.7. The zero-order valence-corrected chi connectivity index (χ0v) is 15.0. The normalized spacial score (nSPS) is 16.6. The second kappa shape index (κ2) is 7.32. The Morgan fingerprint density at radius 1 is 1.15 bits per heavy atom. The molecule has 2 N–H and O–H groups in total. The van der Waals surface area contributed by atoms with Crippen LogP contribution < -0.4 is 10.5 Å². The van der Waals surface area contributed by atoms with Crippen molar-refractivity contribution in [3.63, 3.8) is 0 Å². The van der Waals surface area contributed by atoms with Crippen molar-refractivity contribution in [3.8, 4) is 5.75 Å². The summed E-state index contributed by atoms with van der Waals surface area (Å²) in [4.78, 5) is 6.84. The number of hydrogen-bond donors (Lipinski definition) is 1. The Morgan fingerprint density at radius 2 is 2.00 bits per heavy atom. The van der Waals surface area contributed by atoms with Crippen LogP contribution in [0, 0.1) is 0 Å². The molecule has 2 heterocycles. The van der Waals surface area contributed by atoms with Crippen LogP contribution in [0.25, 0.3) is 0 Å². The maximum absolute atomic E-state index is 6.15. The van der Waals surface area contributed by atoms with Crippen LogP contribution in [0.5, 0.6) is 5.75 Å². The molecule has 0 aliphatic carbocycles. The van der Waals surface area contributed by atoms with Crippen molar-refractivity contribution < 1.29 is 4.74 Å². The fourth-order valence-corrected chi connectivity index (χ4v) is 3.62. The highest BCUT2D eigenvalue weighted by Gasteiger charge is 2.32. The molecule has 5 nitrogen and oxygen atoms in total. The molecule has 4 rings (SSSR count). The monoisotopic (exact) mass is 348 g/mol. The lowest BCUT2D eigenvalue weighted by Gasteiger charge is -2.23. The average Bonchev–Trinajstić information content (AvgIpc) is 3.24. The lowest BCUT2D eigenvalue weighted by molar-refractivity contribution is 0.202. The molecule has 0 spiro atoms. The molecule has 2 aromatic carbocycles. The Kier molecular flexibility index (Phi) is 4.73. The van der Waals surface area contributed by atoms with E-state index in [1.165, 1.54) is 16.7 Å². The Hall–Kier alpha value is -2.63. The van der Waals surface area contributed by atoms with E-state index in [9.17, 15) is 0 Å². The number of nitrogens with zero attached hydrogens (tertiary/aromatic N) is 3. The lowest BCUT2D eigenvalue weighted by Crippen LogP contribution is -2.28. The van der Waals surface area contributed by atoms with E-state index >= 15 is 0 Å². The van der Waals surface area contributed by atoms with Gasteiger partial charge in [0.25, 0.3) is 0 Å². The van der Waals surface area contributed by atoms with Crippen LogP contribution in [0.15, 0.2) is 60.9 Å². The second-order valence-corrected chi connectivity index (χ2v) is 6.71. The van der Waals surface area contributed by atoms with Gasteiger partial charge in [-0.05, 0) is 17.2 Å². The number of ether oxygens (including phenoxy) is 1. The quantitative estimate of drug-likeness (QED) is 0.744. The first-order valence-electron chi connectivity index (χ1n) is 8.95. The van der Waals surface area contributed by atoms with Crippen molar-refractivity contribution in [2.75, 3.05) is 6.54 Å². The summed E-state index contributed by atoms with van der Waals surface area (Å²) in [7, 11) is 2.03. The minimum atomic E-state index is 0.196. The molecule has 0 radical (unpaired) electrons. The molecule has 1 aliphatic heterocycles. The van der Waals surface area contributed by atoms with E-state index in [0.717, 1.165) is 24.7 Å². The van der Waals surface area contributed by atoms with Crippen molar-refractivity contribution in [3.05, 3.63) is 83.4 Å². The van der Waals surface area contributed by atoms with E-state index in [-0.39, 0.29) is 6.04 Å². The van der Waals surface area contributed by atoms with E-state index in [2.05, 4.69) is 44.8 Å². The molecule has 5 heteroatoms. The molecule has 3 aromatic rings. The van der Waals surface area contributed by atoms with Gasteiger partial charge < -0.3 is 15.0 Å². The minimum Gasteiger partial charge on any atom is -0.489 e. The number of fused-ring (bicyclic) bond motifs is 1. The third-order valence-electron chi connectivity index (χ3n) is 5.06. The standard InChI is InChI=1S/C21H24N4O/c1-24-11-10-23-21(24)14-25-13-18-17(19(25)12-22)8-5-9-20(18)26-15-16-6-3-2-4-7-16/h2-11,19H,12-15,22H2,1H3. The highest BCUT2D eigenvalue weighted by atomic mass is 16.5. The van der Waals surface area contributed by atoms with Crippen molar-refractivity contribution >= 4 is 0 Å². The topological polar surface area (TPSA) is 56.3 Å². The smallest absolute Gasteiger partial charge is 0.124 e. The summed E-state index contributed by atoms with van der Waals surface area (Å²) in [5, 5.41) is 0. The number of nitrogens with two attached hydrogens (primary N) is 1. The molecule has 1 aromatic heterocycles. The molecule has 1 unspecified atom stereocenters. The number of hydrogen-bond acceptors (Lipinski definition) is 4. The van der Waals surface area contributed by atoms with Gasteiger partial charge in [-0.15, -0.1) is 0 Å². The van der Waals surface area contributed by atoms with Crippen molar-refractivity contribution in [2.24, 2.45) is 12.8 Å². The molecule has 1 atom stereocenters. The fourth-order valence-electron chi connectivity index (χ4n) is 3.62. The number of benzene rings is 2. The predicted molar refractivity (Wildman–Crippen MR) is 101 cm³/mol. The zero-order valence-electron chi connectivity index (χ0n) is 15.0. The van der Waals surface area contributed by atoms with Crippen LogP contribution in [-0.4, -0.2) is 21.0 Å². The minimum absolute atomic E-state index is 0.196. The molecular formula is C21H24N4O. The summed E-state index contributed by atoms with van der Waals surface area (Å²) in [6.45, 7) is 2.76. The van der Waals surface area contributed by atoms with Gasteiger partial charge in [-0.25, -0.2) is 4.98 Å². The molecule has 0 bridgehead atoms. The summed E-state index contributed by atoms with van der Waals surface area (Å²) >= 11 is 0. The van der Waals surface area contributed by atoms with E-state index in [1.54, 1.807) is 0 Å². The summed E-state index contributed by atoms with van der Waals surface area (Å²) in [5.41, 5.74) is 9.80. The summed E-state index contributed by atoms with van der Waals surface area (Å²) < 4.78 is 8.21. The van der Waals surface area contributed by atoms with Gasteiger partial charge in [0, 0.05) is 44.1 Å². The molecule has 0 amide bonds. The van der Waals surface area contributed by atoms with Gasteiger partial charge in [-0.2, -0.15) is 0 Å². The third kappa shape index (κ3) is 3.23. The molecule has 1 aliphatic rings. The third-order valence-corrected chi connectivity index (χ3v) is 5.06. The first-order valence-corrected chi connectivity index (χ1v) is 8.95. The van der Waals surface area contributed by atoms with Crippen LogP contribution in [0.3, 0.4) is 0 Å². The Balaban J connectivity index is 1.55. The van der Waals surface area contributed by atoms with Crippen LogP contribution in [0.2, 0.25) is 0 Å². The number of aromatic nitrogens is 2. The van der Waals surface area contributed by atoms with E-state index in [1.807, 2.05) is 37.6 Å². The molecule has 26 heavy (non-hydrogen) atoms. The van der Waals surface area contributed by atoms with Crippen LogP contribution in [-0.2, 0) is 26.7 Å². The largest absolute Gasteiger partial charge is 0.489 e. The van der Waals surface area contributed by atoms with E-state index in [4.69, 9.17) is 10.5 Å². The number of imidazole rings is 1. The molecule has 134 valence electrons. The van der Waals surface area contributed by atoms with Crippen molar-refractivity contribution in [1.29, 1.82) is 0 Å². The van der Waals surface area contributed by atoms with Crippen molar-refractivity contribution in [2.45, 2.75) is 25.7 Å². The summed E-state index contributed by atoms with van der Waals surface area (Å²) in [6.07, 6.45) is 3.81. The van der Waals surface area contributed by atoms with Crippen molar-refractivity contribution in [1.82, 2.24) is 14.5 Å². The van der Waals surface area contributed by atoms with Gasteiger partial charge in [0.15, 0.2) is 0 Å². The maximum Gasteiger partial charge on any atom is 0.124 e. The van der Waals surface area contributed by atoms with Gasteiger partial charge in [0.05, 0.1) is 6.54 Å². The molecule has 0 fully saturated rings. The zero-order chi connectivity index (χ0) is 17.9. The SMILES string of the molecule is Cn1ccnc1CN1Cc2c(OCc3ccccc3)cccc2C1CN. The van der Waals surface area contributed by atoms with Gasteiger partial charge in [-0.1, -0.05) is 42.5 Å². The fraction of sp³-hybridized carbons (Fsp3) is 0.286. The van der Waals surface area contributed by atoms with Gasteiger partial charge in [-0.3, -0.25) is 4.90 Å². The highest BCUT2D eigenvalue weighted by Crippen LogP contribution is 2.39. The molecule has 0 saturated heterocycles. The maximum atomic E-state index is 6.15. The van der Waals surface area contributed by atoms with E-state index < -0.39 is 0 Å². The number of rotatable bonds is 6. The Labute approximate surface area is 154 Å². The van der Waals surface area contributed by atoms with Gasteiger partial charge >= 0.3 is 0 Å². The van der Waals surface area contributed by atoms with Crippen LogP contribution >= 0.6 is 0 Å². The highest BCUT2D eigenvalue weighted by molar-refractivity contribution is 5.45. The summed E-state index contributed by atoms with van der Waals surface area (Å²) in [5.74, 6) is 2.00. The van der Waals surface area contributed by atoms with Gasteiger partial charge in [0.1, 0.15) is 18.2 Å². The average molecular weight is 348 g/mol. The van der Waals surface area contributed by atoms with Crippen LogP contribution in [0.1, 0.15) is 28.6 Å². The van der Waals surface area contributed by atoms with E-state index in [0.29, 0.717) is 13.2 Å². The first-order chi connectivity index (χ1) is 12.8. The predicted octanol–water partition coefficient (Wildman–Crippen LogP) is 3.01. The Bertz CT molecular complexity index is 875.